The molecule has 0 bridgehead atoms. The first-order chi connectivity index (χ1) is 13.9. The first kappa shape index (κ1) is 26.4. The quantitative estimate of drug-likeness (QED) is 0.421. The lowest BCUT2D eigenvalue weighted by Gasteiger charge is -2.05. The standard InChI is InChI=1S/2C12H18O2S/c1-7(2)10-6-9(12(13)14-5)11(15-10)8(3)4;1-7(2)11-6-10(14-9(5)13)12(15-11)8(3)4/h2*6-8H,1-5H3. The summed E-state index contributed by atoms with van der Waals surface area (Å²) in [5, 5.41) is 0. The number of hydrogen-bond donors (Lipinski definition) is 0. The highest BCUT2D eigenvalue weighted by Crippen LogP contribution is 2.38. The number of rotatable bonds is 6. The molecule has 0 aliphatic heterocycles. The predicted octanol–water partition coefficient (Wildman–Crippen LogP) is 7.70. The second-order valence-electron chi connectivity index (χ2n) is 8.51. The van der Waals surface area contributed by atoms with Crippen LogP contribution in [0, 0.1) is 0 Å². The van der Waals surface area contributed by atoms with Crippen LogP contribution in [0.2, 0.25) is 0 Å². The van der Waals surface area contributed by atoms with E-state index in [-0.39, 0.29) is 11.9 Å². The van der Waals surface area contributed by atoms with Gasteiger partial charge >= 0.3 is 11.9 Å². The van der Waals surface area contributed by atoms with Gasteiger partial charge in [0.25, 0.3) is 0 Å². The van der Waals surface area contributed by atoms with Crippen LogP contribution >= 0.6 is 22.7 Å². The number of thiophene rings is 2. The molecule has 6 heteroatoms. The van der Waals surface area contributed by atoms with Crippen molar-refractivity contribution in [3.8, 4) is 5.75 Å². The lowest BCUT2D eigenvalue weighted by molar-refractivity contribution is -0.131. The molecule has 30 heavy (non-hydrogen) atoms. The molecule has 0 spiro atoms. The number of hydrogen-bond acceptors (Lipinski definition) is 6. The smallest absolute Gasteiger partial charge is 0.339 e. The molecule has 168 valence electrons. The predicted molar refractivity (Wildman–Crippen MR) is 128 cm³/mol. The third kappa shape index (κ3) is 7.24. The monoisotopic (exact) mass is 452 g/mol. The lowest BCUT2D eigenvalue weighted by Crippen LogP contribution is -2.03. The van der Waals surface area contributed by atoms with Gasteiger partial charge in [0.2, 0.25) is 0 Å². The van der Waals surface area contributed by atoms with Crippen LogP contribution in [0.15, 0.2) is 12.1 Å². The fraction of sp³-hybridized carbons (Fsp3) is 0.583. The van der Waals surface area contributed by atoms with Gasteiger partial charge in [0.05, 0.1) is 17.6 Å². The molecular formula is C24H36O4S2. The lowest BCUT2D eigenvalue weighted by atomic mass is 10.1. The SMILES string of the molecule is CC(=O)Oc1cc(C(C)C)sc1C(C)C.COC(=O)c1cc(C(C)C)sc1C(C)C. The van der Waals surface area contributed by atoms with E-state index in [4.69, 9.17) is 9.47 Å². The maximum Gasteiger partial charge on any atom is 0.339 e. The van der Waals surface area contributed by atoms with Gasteiger partial charge in [0.1, 0.15) is 5.75 Å². The molecule has 0 unspecified atom stereocenters. The Morgan fingerprint density at radius 1 is 0.767 bits per heavy atom. The molecule has 0 N–H and O–H groups in total. The zero-order valence-corrected chi connectivity index (χ0v) is 21.5. The summed E-state index contributed by atoms with van der Waals surface area (Å²) in [5.41, 5.74) is 0.737. The van der Waals surface area contributed by atoms with Crippen molar-refractivity contribution >= 4 is 34.6 Å². The first-order valence-electron chi connectivity index (χ1n) is 10.4. The van der Waals surface area contributed by atoms with Gasteiger partial charge in [-0.15, -0.1) is 22.7 Å². The van der Waals surface area contributed by atoms with Gasteiger partial charge in [-0.05, 0) is 35.8 Å². The van der Waals surface area contributed by atoms with Crippen LogP contribution in [0.25, 0.3) is 0 Å². The number of esters is 2. The minimum atomic E-state index is -0.245. The fourth-order valence-electron chi connectivity index (χ4n) is 2.74. The maximum absolute atomic E-state index is 11.6. The van der Waals surface area contributed by atoms with Gasteiger partial charge in [-0.1, -0.05) is 55.4 Å². The van der Waals surface area contributed by atoms with Gasteiger partial charge in [-0.2, -0.15) is 0 Å². The van der Waals surface area contributed by atoms with E-state index in [1.165, 1.54) is 23.8 Å². The van der Waals surface area contributed by atoms with Crippen LogP contribution in [0.3, 0.4) is 0 Å². The number of carbonyl (C=O) groups is 2. The van der Waals surface area contributed by atoms with Crippen molar-refractivity contribution in [2.45, 2.75) is 86.0 Å². The van der Waals surface area contributed by atoms with Crippen molar-refractivity contribution in [1.29, 1.82) is 0 Å². The van der Waals surface area contributed by atoms with Crippen molar-refractivity contribution in [3.63, 3.8) is 0 Å². The van der Waals surface area contributed by atoms with Crippen LogP contribution in [0.1, 0.15) is 116 Å². The minimum Gasteiger partial charge on any atom is -0.465 e. The molecule has 0 atom stereocenters. The topological polar surface area (TPSA) is 52.6 Å². The molecule has 0 radical (unpaired) electrons. The molecule has 2 aromatic rings. The molecule has 2 aromatic heterocycles. The number of ether oxygens (including phenoxy) is 2. The molecular weight excluding hydrogens is 416 g/mol. The van der Waals surface area contributed by atoms with Crippen molar-refractivity contribution in [3.05, 3.63) is 37.2 Å². The van der Waals surface area contributed by atoms with Gasteiger partial charge in [-0.3, -0.25) is 4.79 Å². The Hall–Kier alpha value is -1.66. The van der Waals surface area contributed by atoms with Gasteiger partial charge < -0.3 is 9.47 Å². The zero-order chi connectivity index (χ0) is 23.2. The molecule has 0 aromatic carbocycles. The molecule has 0 fully saturated rings. The first-order valence-corrected chi connectivity index (χ1v) is 12.1. The highest BCUT2D eigenvalue weighted by atomic mass is 32.1. The van der Waals surface area contributed by atoms with Crippen molar-refractivity contribution in [2.75, 3.05) is 7.11 Å². The highest BCUT2D eigenvalue weighted by Gasteiger charge is 2.19. The van der Waals surface area contributed by atoms with Crippen LogP contribution in [0.4, 0.5) is 0 Å². The molecule has 0 aliphatic carbocycles. The van der Waals surface area contributed by atoms with E-state index in [0.717, 1.165) is 21.1 Å². The van der Waals surface area contributed by atoms with E-state index in [1.807, 2.05) is 12.1 Å². The summed E-state index contributed by atoms with van der Waals surface area (Å²) in [6.45, 7) is 18.4. The normalized spacial score (nSPS) is 11.1. The summed E-state index contributed by atoms with van der Waals surface area (Å²) >= 11 is 3.46. The highest BCUT2D eigenvalue weighted by molar-refractivity contribution is 7.12. The molecule has 0 saturated heterocycles. The molecule has 0 amide bonds. The second-order valence-corrected chi connectivity index (χ2v) is 10.7. The van der Waals surface area contributed by atoms with E-state index in [9.17, 15) is 9.59 Å². The molecule has 2 rings (SSSR count). The Bertz CT molecular complexity index is 842. The number of methoxy groups -OCH3 is 1. The van der Waals surface area contributed by atoms with Crippen LogP contribution in [0.5, 0.6) is 5.75 Å². The van der Waals surface area contributed by atoms with E-state index >= 15 is 0 Å². The van der Waals surface area contributed by atoms with Crippen molar-refractivity contribution in [1.82, 2.24) is 0 Å². The average molecular weight is 453 g/mol. The van der Waals surface area contributed by atoms with Gasteiger partial charge in [0.15, 0.2) is 0 Å². The zero-order valence-electron chi connectivity index (χ0n) is 19.9. The molecule has 2 heterocycles. The van der Waals surface area contributed by atoms with Crippen molar-refractivity contribution in [2.24, 2.45) is 0 Å². The summed E-state index contributed by atoms with van der Waals surface area (Å²) in [5.74, 6) is 1.99. The van der Waals surface area contributed by atoms with Crippen LogP contribution in [-0.2, 0) is 9.53 Å². The van der Waals surface area contributed by atoms with E-state index in [1.54, 1.807) is 22.7 Å². The second kappa shape index (κ2) is 11.7. The molecule has 0 aliphatic rings. The van der Waals surface area contributed by atoms with E-state index in [0.29, 0.717) is 23.7 Å². The van der Waals surface area contributed by atoms with Crippen LogP contribution < -0.4 is 4.74 Å². The maximum atomic E-state index is 11.6. The summed E-state index contributed by atoms with van der Waals surface area (Å²) in [7, 11) is 1.43. The molecule has 4 nitrogen and oxygen atoms in total. The summed E-state index contributed by atoms with van der Waals surface area (Å²) in [4.78, 5) is 27.3. The summed E-state index contributed by atoms with van der Waals surface area (Å²) in [6.07, 6.45) is 0. The Labute approximate surface area is 189 Å². The van der Waals surface area contributed by atoms with Gasteiger partial charge in [-0.25, -0.2) is 4.79 Å². The molecule has 0 saturated carbocycles. The Morgan fingerprint density at radius 3 is 1.63 bits per heavy atom. The van der Waals surface area contributed by atoms with Crippen LogP contribution in [-0.4, -0.2) is 19.0 Å². The van der Waals surface area contributed by atoms with E-state index in [2.05, 4.69) is 55.4 Å². The Balaban J connectivity index is 0.000000300. The largest absolute Gasteiger partial charge is 0.465 e. The Morgan fingerprint density at radius 2 is 1.23 bits per heavy atom. The Kier molecular flexibility index (Phi) is 10.2. The third-order valence-electron chi connectivity index (χ3n) is 4.37. The summed E-state index contributed by atoms with van der Waals surface area (Å²) < 4.78 is 10.00. The summed E-state index contributed by atoms with van der Waals surface area (Å²) in [6, 6.07) is 3.96. The third-order valence-corrected chi connectivity index (χ3v) is 7.82. The van der Waals surface area contributed by atoms with Crippen molar-refractivity contribution < 1.29 is 19.1 Å². The van der Waals surface area contributed by atoms with E-state index < -0.39 is 0 Å². The average Bonchev–Trinajstić information content (AvgIpc) is 3.26. The minimum absolute atomic E-state index is 0.221. The fourth-order valence-corrected chi connectivity index (χ4v) is 4.98. The number of carbonyl (C=O) groups excluding carboxylic acids is 2. The van der Waals surface area contributed by atoms with Gasteiger partial charge in [0, 0.05) is 21.6 Å².